The normalized spacial score (nSPS) is 16.2. The Morgan fingerprint density at radius 2 is 1.86 bits per heavy atom. The molecule has 1 aliphatic carbocycles. The summed E-state index contributed by atoms with van der Waals surface area (Å²) in [4.78, 5) is 0.400. The predicted molar refractivity (Wildman–Crippen MR) is 85.5 cm³/mol. The summed E-state index contributed by atoms with van der Waals surface area (Å²) in [5.74, 6) is 0.203. The number of anilines is 1. The summed E-state index contributed by atoms with van der Waals surface area (Å²) in [6, 6.07) is 6.98. The van der Waals surface area contributed by atoms with Crippen LogP contribution in [-0.2, 0) is 14.6 Å². The molecule has 1 fully saturated rings. The third kappa shape index (κ3) is 5.00. The summed E-state index contributed by atoms with van der Waals surface area (Å²) >= 11 is 0. The van der Waals surface area contributed by atoms with Gasteiger partial charge in [0.2, 0.25) is 0 Å². The van der Waals surface area contributed by atoms with Crippen LogP contribution < -0.4 is 5.32 Å². The number of hydrogen-bond acceptors (Lipinski definition) is 4. The van der Waals surface area contributed by atoms with Crippen molar-refractivity contribution >= 4 is 15.5 Å². The maximum Gasteiger partial charge on any atom is 0.178 e. The number of sulfone groups is 1. The maximum atomic E-state index is 11.9. The zero-order chi connectivity index (χ0) is 15.1. The highest BCUT2D eigenvalue weighted by molar-refractivity contribution is 7.91. The second-order valence-corrected chi connectivity index (χ2v) is 7.66. The van der Waals surface area contributed by atoms with Crippen molar-refractivity contribution in [3.05, 3.63) is 24.3 Å². The van der Waals surface area contributed by atoms with Gasteiger partial charge >= 0.3 is 0 Å². The zero-order valence-corrected chi connectivity index (χ0v) is 13.5. The van der Waals surface area contributed by atoms with E-state index in [2.05, 4.69) is 5.32 Å². The predicted octanol–water partition coefficient (Wildman–Crippen LogP) is 3.24. The molecule has 0 saturated heterocycles. The average Bonchev–Trinajstić information content (AvgIpc) is 2.97. The molecule has 0 atom stereocenters. The Labute approximate surface area is 127 Å². The Hall–Kier alpha value is -1.07. The van der Waals surface area contributed by atoms with Crippen molar-refractivity contribution in [2.24, 2.45) is 0 Å². The molecule has 0 spiro atoms. The van der Waals surface area contributed by atoms with Gasteiger partial charge in [0.15, 0.2) is 9.84 Å². The van der Waals surface area contributed by atoms with Crippen LogP contribution in [0.3, 0.4) is 0 Å². The maximum absolute atomic E-state index is 11.9. The highest BCUT2D eigenvalue weighted by Crippen LogP contribution is 2.20. The van der Waals surface area contributed by atoms with Gasteiger partial charge in [0.25, 0.3) is 0 Å². The molecule has 0 amide bonds. The SMILES string of the molecule is CCCS(=O)(=O)c1ccc(NCCOC2CCCC2)cc1. The molecule has 0 bridgehead atoms. The fraction of sp³-hybridized carbons (Fsp3) is 0.625. The Bertz CT molecular complexity index is 519. The largest absolute Gasteiger partial charge is 0.383 e. The first-order valence-corrected chi connectivity index (χ1v) is 9.45. The van der Waals surface area contributed by atoms with Crippen LogP contribution >= 0.6 is 0 Å². The second-order valence-electron chi connectivity index (χ2n) is 5.55. The van der Waals surface area contributed by atoms with Crippen molar-refractivity contribution in [1.29, 1.82) is 0 Å². The van der Waals surface area contributed by atoms with E-state index in [0.717, 1.165) is 12.2 Å². The summed E-state index contributed by atoms with van der Waals surface area (Å²) < 4.78 is 29.6. The molecule has 1 aromatic carbocycles. The molecule has 0 heterocycles. The van der Waals surface area contributed by atoms with Crippen molar-refractivity contribution in [3.8, 4) is 0 Å². The first-order valence-electron chi connectivity index (χ1n) is 7.80. The van der Waals surface area contributed by atoms with Gasteiger partial charge < -0.3 is 10.1 Å². The molecule has 0 aromatic heterocycles. The summed E-state index contributed by atoms with van der Waals surface area (Å²) in [5, 5.41) is 3.26. The minimum absolute atomic E-state index is 0.203. The summed E-state index contributed by atoms with van der Waals surface area (Å²) in [5.41, 5.74) is 0.931. The van der Waals surface area contributed by atoms with Crippen LogP contribution in [0.25, 0.3) is 0 Å². The van der Waals surface area contributed by atoms with E-state index in [1.54, 1.807) is 12.1 Å². The number of nitrogens with one attached hydrogen (secondary N) is 1. The third-order valence-electron chi connectivity index (χ3n) is 3.77. The van der Waals surface area contributed by atoms with Crippen LogP contribution in [0.5, 0.6) is 0 Å². The molecule has 21 heavy (non-hydrogen) atoms. The zero-order valence-electron chi connectivity index (χ0n) is 12.7. The van der Waals surface area contributed by atoms with E-state index in [1.807, 2.05) is 19.1 Å². The lowest BCUT2D eigenvalue weighted by Gasteiger charge is -2.12. The van der Waals surface area contributed by atoms with Crippen LogP contribution in [0.15, 0.2) is 29.2 Å². The quantitative estimate of drug-likeness (QED) is 0.749. The van der Waals surface area contributed by atoms with Crippen molar-refractivity contribution in [2.75, 3.05) is 24.2 Å². The molecule has 1 aliphatic rings. The van der Waals surface area contributed by atoms with E-state index in [4.69, 9.17) is 4.74 Å². The van der Waals surface area contributed by atoms with E-state index in [9.17, 15) is 8.42 Å². The first kappa shape index (κ1) is 16.3. The van der Waals surface area contributed by atoms with Crippen LogP contribution in [-0.4, -0.2) is 33.4 Å². The molecule has 118 valence electrons. The van der Waals surface area contributed by atoms with Crippen molar-refractivity contribution in [1.82, 2.24) is 0 Å². The van der Waals surface area contributed by atoms with Crippen molar-refractivity contribution in [2.45, 2.75) is 50.0 Å². The van der Waals surface area contributed by atoms with Gasteiger partial charge in [-0.05, 0) is 43.5 Å². The van der Waals surface area contributed by atoms with Gasteiger partial charge in [0.05, 0.1) is 23.4 Å². The molecule has 0 unspecified atom stereocenters. The molecule has 1 aromatic rings. The Morgan fingerprint density at radius 3 is 2.48 bits per heavy atom. The summed E-state index contributed by atoms with van der Waals surface area (Å²) in [6.45, 7) is 3.32. The van der Waals surface area contributed by atoms with Crippen molar-refractivity contribution in [3.63, 3.8) is 0 Å². The lowest BCUT2D eigenvalue weighted by Crippen LogP contribution is -2.15. The summed E-state index contributed by atoms with van der Waals surface area (Å²) in [7, 11) is -3.12. The first-order chi connectivity index (χ1) is 10.1. The minimum Gasteiger partial charge on any atom is -0.383 e. The lowest BCUT2D eigenvalue weighted by molar-refractivity contribution is 0.0659. The van der Waals surface area contributed by atoms with E-state index in [1.165, 1.54) is 25.7 Å². The molecule has 2 rings (SSSR count). The van der Waals surface area contributed by atoms with Gasteiger partial charge in [-0.15, -0.1) is 0 Å². The number of ether oxygens (including phenoxy) is 1. The molecule has 1 saturated carbocycles. The standard InChI is InChI=1S/C16H25NO3S/c1-2-13-21(18,19)16-9-7-14(8-10-16)17-11-12-20-15-5-3-4-6-15/h7-10,15,17H,2-6,11-13H2,1H3. The van der Waals surface area contributed by atoms with Gasteiger partial charge in [-0.1, -0.05) is 19.8 Å². The molecule has 1 N–H and O–H groups in total. The van der Waals surface area contributed by atoms with Gasteiger partial charge in [-0.2, -0.15) is 0 Å². The highest BCUT2D eigenvalue weighted by atomic mass is 32.2. The molecular formula is C16H25NO3S. The topological polar surface area (TPSA) is 55.4 Å². The Kier molecular flexibility index (Phi) is 6.06. The van der Waals surface area contributed by atoms with Crippen LogP contribution in [0.2, 0.25) is 0 Å². The summed E-state index contributed by atoms with van der Waals surface area (Å²) in [6.07, 6.45) is 6.01. The monoisotopic (exact) mass is 311 g/mol. The molecular weight excluding hydrogens is 286 g/mol. The molecule has 4 nitrogen and oxygen atoms in total. The second kappa shape index (κ2) is 7.80. The van der Waals surface area contributed by atoms with Gasteiger partial charge in [0, 0.05) is 12.2 Å². The minimum atomic E-state index is -3.12. The van der Waals surface area contributed by atoms with E-state index in [-0.39, 0.29) is 5.75 Å². The number of benzene rings is 1. The Morgan fingerprint density at radius 1 is 1.19 bits per heavy atom. The van der Waals surface area contributed by atoms with E-state index < -0.39 is 9.84 Å². The third-order valence-corrected chi connectivity index (χ3v) is 5.71. The average molecular weight is 311 g/mol. The smallest absolute Gasteiger partial charge is 0.178 e. The van der Waals surface area contributed by atoms with Crippen LogP contribution in [0.1, 0.15) is 39.0 Å². The van der Waals surface area contributed by atoms with Crippen LogP contribution in [0.4, 0.5) is 5.69 Å². The van der Waals surface area contributed by atoms with Crippen molar-refractivity contribution < 1.29 is 13.2 Å². The molecule has 0 aliphatic heterocycles. The fourth-order valence-corrected chi connectivity index (χ4v) is 3.97. The molecule has 5 heteroatoms. The lowest BCUT2D eigenvalue weighted by atomic mass is 10.3. The van der Waals surface area contributed by atoms with E-state index in [0.29, 0.717) is 24.0 Å². The number of hydrogen-bond donors (Lipinski definition) is 1. The number of rotatable bonds is 8. The van der Waals surface area contributed by atoms with E-state index >= 15 is 0 Å². The van der Waals surface area contributed by atoms with Gasteiger partial charge in [-0.25, -0.2) is 8.42 Å². The fourth-order valence-electron chi connectivity index (χ4n) is 2.64. The molecule has 0 radical (unpaired) electrons. The van der Waals surface area contributed by atoms with Crippen LogP contribution in [0, 0.1) is 0 Å². The highest BCUT2D eigenvalue weighted by Gasteiger charge is 2.15. The Balaban J connectivity index is 1.77. The van der Waals surface area contributed by atoms with Gasteiger partial charge in [0.1, 0.15) is 0 Å². The van der Waals surface area contributed by atoms with Gasteiger partial charge in [-0.3, -0.25) is 0 Å².